The third-order valence-electron chi connectivity index (χ3n) is 4.86. The van der Waals surface area contributed by atoms with Crippen molar-refractivity contribution in [3.8, 4) is 0 Å². The lowest BCUT2D eigenvalue weighted by Gasteiger charge is -2.23. The molecule has 1 fully saturated rings. The molecular weight excluding hydrogens is 404 g/mol. The van der Waals surface area contributed by atoms with Gasteiger partial charge in [-0.25, -0.2) is 9.97 Å². The van der Waals surface area contributed by atoms with Gasteiger partial charge in [-0.15, -0.1) is 11.3 Å². The Hall–Kier alpha value is -3.01. The Morgan fingerprint density at radius 1 is 1.20 bits per heavy atom. The largest absolute Gasteiger partial charge is 0.483 e. The Kier molecular flexibility index (Phi) is 6.99. The van der Waals surface area contributed by atoms with Crippen molar-refractivity contribution >= 4 is 39.8 Å². The van der Waals surface area contributed by atoms with Gasteiger partial charge in [0.15, 0.2) is 0 Å². The second-order valence-electron chi connectivity index (χ2n) is 7.25. The van der Waals surface area contributed by atoms with Crippen LogP contribution in [0.25, 0.3) is 10.2 Å². The van der Waals surface area contributed by atoms with Gasteiger partial charge in [0, 0.05) is 38.4 Å². The maximum Gasteiger partial charge on any atom is 0.290 e. The van der Waals surface area contributed by atoms with Crippen molar-refractivity contribution in [2.75, 3.05) is 31.1 Å². The van der Waals surface area contributed by atoms with Gasteiger partial charge >= 0.3 is 0 Å². The molecule has 0 aromatic carbocycles. The van der Waals surface area contributed by atoms with Crippen LogP contribution in [0.15, 0.2) is 23.7 Å². The lowest BCUT2D eigenvalue weighted by Crippen LogP contribution is -2.35. The maximum absolute atomic E-state index is 12.9. The van der Waals surface area contributed by atoms with Crippen molar-refractivity contribution in [3.63, 3.8) is 0 Å². The highest BCUT2D eigenvalue weighted by Crippen LogP contribution is 2.28. The molecule has 0 atom stereocenters. The minimum Gasteiger partial charge on any atom is -0.483 e. The van der Waals surface area contributed by atoms with Gasteiger partial charge in [0.2, 0.25) is 0 Å². The van der Waals surface area contributed by atoms with E-state index < -0.39 is 0 Å². The van der Waals surface area contributed by atoms with Crippen LogP contribution < -0.4 is 4.90 Å². The van der Waals surface area contributed by atoms with E-state index in [1.807, 2.05) is 28.8 Å². The highest BCUT2D eigenvalue weighted by atomic mass is 32.1. The second kappa shape index (κ2) is 9.66. The Bertz CT molecular complexity index is 1020. The summed E-state index contributed by atoms with van der Waals surface area (Å²) in [4.78, 5) is 35.6. The van der Waals surface area contributed by atoms with Gasteiger partial charge in [-0.05, 0) is 44.7 Å². The van der Waals surface area contributed by atoms with E-state index in [2.05, 4.69) is 40.3 Å². The van der Waals surface area contributed by atoms with Crippen LogP contribution in [0.2, 0.25) is 0 Å². The number of rotatable bonds is 3. The SMILES string of the molecule is Cc1nc(N2CCCN(C(=O)c3ccn(C(C)C)n3)CC2)c2ccsc2n1.O=CO. The lowest BCUT2D eigenvalue weighted by molar-refractivity contribution is -0.122. The molecule has 1 saturated heterocycles. The quantitative estimate of drug-likeness (QED) is 0.637. The third-order valence-corrected chi connectivity index (χ3v) is 5.66. The number of carbonyl (C=O) groups is 2. The lowest BCUT2D eigenvalue weighted by atomic mass is 10.3. The number of carboxylic acid groups (broad SMARTS) is 1. The molecule has 0 unspecified atom stereocenters. The molecule has 10 heteroatoms. The van der Waals surface area contributed by atoms with Gasteiger partial charge in [-0.1, -0.05) is 0 Å². The summed E-state index contributed by atoms with van der Waals surface area (Å²) in [7, 11) is 0. The summed E-state index contributed by atoms with van der Waals surface area (Å²) in [5, 5.41) is 14.5. The van der Waals surface area contributed by atoms with E-state index in [4.69, 9.17) is 14.9 Å². The van der Waals surface area contributed by atoms with E-state index in [1.165, 1.54) is 0 Å². The Morgan fingerprint density at radius 2 is 1.97 bits per heavy atom. The van der Waals surface area contributed by atoms with Crippen molar-refractivity contribution in [2.24, 2.45) is 0 Å². The van der Waals surface area contributed by atoms with Crippen molar-refractivity contribution < 1.29 is 14.7 Å². The number of hydrogen-bond donors (Lipinski definition) is 1. The van der Waals surface area contributed by atoms with Gasteiger partial charge in [0.05, 0.1) is 5.39 Å². The summed E-state index contributed by atoms with van der Waals surface area (Å²) in [6.07, 6.45) is 2.78. The Labute approximate surface area is 179 Å². The predicted molar refractivity (Wildman–Crippen MR) is 116 cm³/mol. The van der Waals surface area contributed by atoms with Crippen LogP contribution >= 0.6 is 11.3 Å². The van der Waals surface area contributed by atoms with Crippen LogP contribution in [0.4, 0.5) is 5.82 Å². The second-order valence-corrected chi connectivity index (χ2v) is 8.14. The molecule has 30 heavy (non-hydrogen) atoms. The molecule has 4 rings (SSSR count). The molecule has 1 aliphatic heterocycles. The number of thiophene rings is 1. The highest BCUT2D eigenvalue weighted by Gasteiger charge is 2.24. The first-order chi connectivity index (χ1) is 14.4. The zero-order valence-corrected chi connectivity index (χ0v) is 18.2. The number of nitrogens with zero attached hydrogens (tertiary/aromatic N) is 6. The molecular formula is C20H26N6O3S. The number of amides is 1. The monoisotopic (exact) mass is 430 g/mol. The minimum atomic E-state index is -0.250. The van der Waals surface area contributed by atoms with Crippen LogP contribution in [0.5, 0.6) is 0 Å². The van der Waals surface area contributed by atoms with Gasteiger partial charge in [0.25, 0.3) is 12.4 Å². The van der Waals surface area contributed by atoms with E-state index >= 15 is 0 Å². The fourth-order valence-corrected chi connectivity index (χ4v) is 4.22. The summed E-state index contributed by atoms with van der Waals surface area (Å²) >= 11 is 1.64. The first kappa shape index (κ1) is 21.7. The van der Waals surface area contributed by atoms with Crippen LogP contribution in [-0.4, -0.2) is 68.3 Å². The van der Waals surface area contributed by atoms with Crippen molar-refractivity contribution in [1.29, 1.82) is 0 Å². The maximum atomic E-state index is 12.9. The molecule has 160 valence electrons. The van der Waals surface area contributed by atoms with Crippen molar-refractivity contribution in [2.45, 2.75) is 33.2 Å². The number of carbonyl (C=O) groups excluding carboxylic acids is 1. The molecule has 9 nitrogen and oxygen atoms in total. The number of anilines is 1. The number of aromatic nitrogens is 4. The van der Waals surface area contributed by atoms with Crippen LogP contribution in [0, 0.1) is 6.92 Å². The normalized spacial score (nSPS) is 14.4. The molecule has 0 saturated carbocycles. The average molecular weight is 431 g/mol. The highest BCUT2D eigenvalue weighted by molar-refractivity contribution is 7.16. The van der Waals surface area contributed by atoms with Crippen LogP contribution in [0.1, 0.15) is 42.6 Å². The minimum absolute atomic E-state index is 0.01000. The van der Waals surface area contributed by atoms with Crippen molar-refractivity contribution in [1.82, 2.24) is 24.6 Å². The number of fused-ring (bicyclic) bond motifs is 1. The summed E-state index contributed by atoms with van der Waals surface area (Å²) in [6.45, 7) is 8.84. The Morgan fingerprint density at radius 3 is 2.67 bits per heavy atom. The van der Waals surface area contributed by atoms with E-state index in [1.54, 1.807) is 11.3 Å². The smallest absolute Gasteiger partial charge is 0.290 e. The van der Waals surface area contributed by atoms with Crippen LogP contribution in [0.3, 0.4) is 0 Å². The zero-order chi connectivity index (χ0) is 21.7. The Balaban J connectivity index is 0.000000806. The molecule has 3 aromatic heterocycles. The van der Waals surface area contributed by atoms with Gasteiger partial charge < -0.3 is 14.9 Å². The topological polar surface area (TPSA) is 104 Å². The number of hydrogen-bond acceptors (Lipinski definition) is 7. The fourth-order valence-electron chi connectivity index (χ4n) is 3.42. The van der Waals surface area contributed by atoms with Gasteiger partial charge in [0.1, 0.15) is 22.2 Å². The molecule has 0 bridgehead atoms. The molecule has 0 spiro atoms. The summed E-state index contributed by atoms with van der Waals surface area (Å²) < 4.78 is 1.83. The molecule has 1 amide bonds. The van der Waals surface area contributed by atoms with Gasteiger partial charge in [-0.2, -0.15) is 5.10 Å². The molecule has 1 N–H and O–H groups in total. The fraction of sp³-hybridized carbons (Fsp3) is 0.450. The molecule has 4 heterocycles. The predicted octanol–water partition coefficient (Wildman–Crippen LogP) is 2.83. The molecule has 0 radical (unpaired) electrons. The zero-order valence-electron chi connectivity index (χ0n) is 17.4. The molecule has 3 aromatic rings. The first-order valence-corrected chi connectivity index (χ1v) is 10.7. The van der Waals surface area contributed by atoms with Crippen molar-refractivity contribution in [3.05, 3.63) is 35.2 Å². The first-order valence-electron chi connectivity index (χ1n) is 9.83. The van der Waals surface area contributed by atoms with E-state index in [9.17, 15) is 4.79 Å². The standard InChI is InChI=1S/C19H24N6OS.CH2O2/c1-13(2)25-9-5-16(22-25)19(26)24-8-4-7-23(10-11-24)17-15-6-12-27-18(15)21-14(3)20-17;2-1-3/h5-6,9,12-13H,4,7-8,10-11H2,1-3H3;1H,(H,2,3). The average Bonchev–Trinajstić information content (AvgIpc) is 3.32. The molecule has 0 aliphatic carbocycles. The summed E-state index contributed by atoms with van der Waals surface area (Å²) in [6, 6.07) is 4.15. The van der Waals surface area contributed by atoms with Crippen LogP contribution in [-0.2, 0) is 4.79 Å². The van der Waals surface area contributed by atoms with Gasteiger partial charge in [-0.3, -0.25) is 14.3 Å². The van der Waals surface area contributed by atoms with E-state index in [0.29, 0.717) is 12.2 Å². The summed E-state index contributed by atoms with van der Waals surface area (Å²) in [5.41, 5.74) is 0.523. The third kappa shape index (κ3) is 4.76. The van der Waals surface area contributed by atoms with E-state index in [0.717, 1.165) is 47.9 Å². The number of aryl methyl sites for hydroxylation is 1. The van der Waals surface area contributed by atoms with E-state index in [-0.39, 0.29) is 18.4 Å². The molecule has 1 aliphatic rings. The summed E-state index contributed by atoms with van der Waals surface area (Å²) in [5.74, 6) is 1.78.